The molecule has 4 rings (SSSR count). The standard InChI is InChI=1S/C22H25N5O4S/c1-17-6-5-9-21(12-17)32(29,30)23-11-10-22(28)26-14-19(15-26)27-13-18(24-25-27)16-31-20-7-3-2-4-8-20/h2-9,12-13,19,23H,10-11,14-16H2,1H3. The van der Waals surface area contributed by atoms with Crippen molar-refractivity contribution >= 4 is 15.9 Å². The highest BCUT2D eigenvalue weighted by Crippen LogP contribution is 2.21. The summed E-state index contributed by atoms with van der Waals surface area (Å²) in [5.74, 6) is 0.668. The number of sulfonamides is 1. The molecule has 2 aromatic carbocycles. The minimum Gasteiger partial charge on any atom is -0.487 e. The van der Waals surface area contributed by atoms with E-state index in [2.05, 4.69) is 15.0 Å². The molecule has 10 heteroatoms. The maximum Gasteiger partial charge on any atom is 0.240 e. The average molecular weight is 456 g/mol. The first-order valence-electron chi connectivity index (χ1n) is 10.3. The molecule has 0 bridgehead atoms. The van der Waals surface area contributed by atoms with Crippen molar-refractivity contribution in [3.8, 4) is 5.75 Å². The van der Waals surface area contributed by atoms with E-state index < -0.39 is 10.0 Å². The Morgan fingerprint density at radius 2 is 1.94 bits per heavy atom. The number of ether oxygens (including phenoxy) is 1. The molecule has 0 saturated carbocycles. The van der Waals surface area contributed by atoms with E-state index in [0.717, 1.165) is 11.3 Å². The van der Waals surface area contributed by atoms with Gasteiger partial charge in [0.15, 0.2) is 0 Å². The molecule has 1 saturated heterocycles. The second kappa shape index (κ2) is 9.49. The molecule has 9 nitrogen and oxygen atoms in total. The first-order valence-corrected chi connectivity index (χ1v) is 11.8. The third kappa shape index (κ3) is 5.32. The van der Waals surface area contributed by atoms with E-state index in [4.69, 9.17) is 4.74 Å². The fourth-order valence-electron chi connectivity index (χ4n) is 3.37. The summed E-state index contributed by atoms with van der Waals surface area (Å²) in [4.78, 5) is 14.3. The number of aromatic nitrogens is 3. The van der Waals surface area contributed by atoms with Crippen molar-refractivity contribution in [3.63, 3.8) is 0 Å². The highest BCUT2D eigenvalue weighted by molar-refractivity contribution is 7.89. The van der Waals surface area contributed by atoms with E-state index in [1.54, 1.807) is 21.7 Å². The van der Waals surface area contributed by atoms with Gasteiger partial charge in [-0.3, -0.25) is 4.79 Å². The van der Waals surface area contributed by atoms with Crippen LogP contribution in [0.2, 0.25) is 0 Å². The molecule has 1 aliphatic heterocycles. The minimum atomic E-state index is -3.62. The van der Waals surface area contributed by atoms with Crippen LogP contribution in [0.15, 0.2) is 65.7 Å². The number of nitrogens with zero attached hydrogens (tertiary/aromatic N) is 4. The van der Waals surface area contributed by atoms with Gasteiger partial charge in [0.05, 0.1) is 17.1 Å². The van der Waals surface area contributed by atoms with Gasteiger partial charge < -0.3 is 9.64 Å². The molecule has 1 aliphatic rings. The maximum atomic E-state index is 12.4. The Labute approximate surface area is 187 Å². The molecular formula is C22H25N5O4S. The SMILES string of the molecule is Cc1cccc(S(=O)(=O)NCCC(=O)N2CC(n3cc(COc4ccccc4)nn3)C2)c1. The molecule has 168 valence electrons. The van der Waals surface area contributed by atoms with Gasteiger partial charge in [0, 0.05) is 26.1 Å². The highest BCUT2D eigenvalue weighted by Gasteiger charge is 2.32. The molecule has 0 spiro atoms. The summed E-state index contributed by atoms with van der Waals surface area (Å²) in [7, 11) is -3.62. The van der Waals surface area contributed by atoms with Crippen LogP contribution >= 0.6 is 0 Å². The molecule has 3 aromatic rings. The molecule has 1 N–H and O–H groups in total. The largest absolute Gasteiger partial charge is 0.487 e. The summed E-state index contributed by atoms with van der Waals surface area (Å²) >= 11 is 0. The number of nitrogens with one attached hydrogen (secondary N) is 1. The lowest BCUT2D eigenvalue weighted by Crippen LogP contribution is -2.51. The van der Waals surface area contributed by atoms with Crippen molar-refractivity contribution < 1.29 is 17.9 Å². The maximum absolute atomic E-state index is 12.4. The van der Waals surface area contributed by atoms with Gasteiger partial charge in [-0.25, -0.2) is 17.8 Å². The number of amides is 1. The fraction of sp³-hybridized carbons (Fsp3) is 0.318. The van der Waals surface area contributed by atoms with Crippen LogP contribution in [0.3, 0.4) is 0 Å². The van der Waals surface area contributed by atoms with Gasteiger partial charge in [0.1, 0.15) is 18.1 Å². The second-order valence-corrected chi connectivity index (χ2v) is 9.48. The molecule has 32 heavy (non-hydrogen) atoms. The predicted octanol–water partition coefficient (Wildman–Crippen LogP) is 1.92. The van der Waals surface area contributed by atoms with Crippen molar-refractivity contribution in [2.45, 2.75) is 30.9 Å². The number of rotatable bonds is 9. The number of carbonyl (C=O) groups is 1. The third-order valence-corrected chi connectivity index (χ3v) is 6.67. The van der Waals surface area contributed by atoms with E-state index in [1.165, 1.54) is 6.07 Å². The van der Waals surface area contributed by atoms with Crippen molar-refractivity contribution in [3.05, 3.63) is 72.1 Å². The smallest absolute Gasteiger partial charge is 0.240 e. The summed E-state index contributed by atoms with van der Waals surface area (Å²) in [6, 6.07) is 16.2. The van der Waals surface area contributed by atoms with Crippen LogP contribution in [0.5, 0.6) is 5.75 Å². The summed E-state index contributed by atoms with van der Waals surface area (Å²) in [5.41, 5.74) is 1.57. The van der Waals surface area contributed by atoms with Crippen LogP contribution in [0.25, 0.3) is 0 Å². The van der Waals surface area contributed by atoms with E-state index in [-0.39, 0.29) is 29.8 Å². The van der Waals surface area contributed by atoms with Crippen LogP contribution < -0.4 is 9.46 Å². The van der Waals surface area contributed by atoms with Crippen molar-refractivity contribution in [2.75, 3.05) is 19.6 Å². The second-order valence-electron chi connectivity index (χ2n) is 7.71. The monoisotopic (exact) mass is 455 g/mol. The zero-order valence-corrected chi connectivity index (χ0v) is 18.5. The average Bonchev–Trinajstić information content (AvgIpc) is 3.20. The zero-order chi connectivity index (χ0) is 22.6. The van der Waals surface area contributed by atoms with E-state index in [1.807, 2.05) is 49.5 Å². The Bertz CT molecular complexity index is 1170. The topological polar surface area (TPSA) is 106 Å². The molecule has 2 heterocycles. The lowest BCUT2D eigenvalue weighted by Gasteiger charge is -2.38. The van der Waals surface area contributed by atoms with Crippen molar-refractivity contribution in [1.29, 1.82) is 0 Å². The number of aryl methyl sites for hydroxylation is 1. The molecule has 0 aliphatic carbocycles. The third-order valence-electron chi connectivity index (χ3n) is 5.21. The highest BCUT2D eigenvalue weighted by atomic mass is 32.2. The summed E-state index contributed by atoms with van der Waals surface area (Å²) in [6.07, 6.45) is 1.93. The molecule has 0 radical (unpaired) electrons. The molecule has 0 unspecified atom stereocenters. The van der Waals surface area contributed by atoms with Crippen LogP contribution in [0.1, 0.15) is 23.7 Å². The molecule has 1 aromatic heterocycles. The van der Waals surface area contributed by atoms with Gasteiger partial charge in [0.25, 0.3) is 0 Å². The van der Waals surface area contributed by atoms with Crippen LogP contribution in [0, 0.1) is 6.92 Å². The number of carbonyl (C=O) groups excluding carboxylic acids is 1. The first kappa shape index (κ1) is 22.0. The molecule has 1 amide bonds. The molecular weight excluding hydrogens is 430 g/mol. The Kier molecular flexibility index (Phi) is 6.52. The van der Waals surface area contributed by atoms with Crippen LogP contribution in [-0.2, 0) is 21.4 Å². The lowest BCUT2D eigenvalue weighted by molar-refractivity contribution is -0.137. The Hall–Kier alpha value is -3.24. The van der Waals surface area contributed by atoms with Crippen LogP contribution in [0.4, 0.5) is 0 Å². The van der Waals surface area contributed by atoms with Gasteiger partial charge in [-0.15, -0.1) is 5.10 Å². The number of benzene rings is 2. The van der Waals surface area contributed by atoms with Gasteiger partial charge in [-0.2, -0.15) is 0 Å². The van der Waals surface area contributed by atoms with Crippen LogP contribution in [-0.4, -0.2) is 53.9 Å². The number of hydrogen-bond donors (Lipinski definition) is 1. The minimum absolute atomic E-state index is 0.0561. The van der Waals surface area contributed by atoms with Gasteiger partial charge >= 0.3 is 0 Å². The van der Waals surface area contributed by atoms with E-state index >= 15 is 0 Å². The zero-order valence-electron chi connectivity index (χ0n) is 17.7. The Balaban J connectivity index is 1.20. The quantitative estimate of drug-likeness (QED) is 0.528. The summed E-state index contributed by atoms with van der Waals surface area (Å²) < 4.78 is 34.6. The van der Waals surface area contributed by atoms with Gasteiger partial charge in [-0.05, 0) is 36.8 Å². The Morgan fingerprint density at radius 1 is 1.16 bits per heavy atom. The first-order chi connectivity index (χ1) is 15.4. The lowest BCUT2D eigenvalue weighted by atomic mass is 10.1. The van der Waals surface area contributed by atoms with Crippen molar-refractivity contribution in [1.82, 2.24) is 24.6 Å². The van der Waals surface area contributed by atoms with Crippen molar-refractivity contribution in [2.24, 2.45) is 0 Å². The normalized spacial score (nSPS) is 14.2. The molecule has 1 fully saturated rings. The fourth-order valence-corrected chi connectivity index (χ4v) is 4.51. The summed E-state index contributed by atoms with van der Waals surface area (Å²) in [5, 5.41) is 8.26. The van der Waals surface area contributed by atoms with E-state index in [0.29, 0.717) is 25.4 Å². The van der Waals surface area contributed by atoms with Gasteiger partial charge in [0.2, 0.25) is 15.9 Å². The Morgan fingerprint density at radius 3 is 2.69 bits per heavy atom. The number of likely N-dealkylation sites (tertiary alicyclic amines) is 1. The van der Waals surface area contributed by atoms with E-state index in [9.17, 15) is 13.2 Å². The summed E-state index contributed by atoms with van der Waals surface area (Å²) in [6.45, 7) is 3.25. The number of para-hydroxylation sites is 1. The molecule has 0 atom stereocenters. The van der Waals surface area contributed by atoms with Gasteiger partial charge in [-0.1, -0.05) is 35.5 Å². The predicted molar refractivity (Wildman–Crippen MR) is 117 cm³/mol. The number of hydrogen-bond acceptors (Lipinski definition) is 6.